The number of hydrogen-bond acceptors (Lipinski definition) is 2. The standard InChI is InChI=1S/C17H17ClO3/c1-2-12-3-5-13(6-4-12)11-16(17(19)20)21-15-9-7-14(18)8-10-15/h3-10,16H,2,11H2,1H3,(H,19,20). The maximum atomic E-state index is 11.3. The number of halogens is 1. The third kappa shape index (κ3) is 4.50. The fraction of sp³-hybridized carbons (Fsp3) is 0.235. The first-order valence-corrected chi connectivity index (χ1v) is 7.19. The van der Waals surface area contributed by atoms with E-state index in [1.54, 1.807) is 24.3 Å². The third-order valence-electron chi connectivity index (χ3n) is 3.22. The molecule has 21 heavy (non-hydrogen) atoms. The normalized spacial score (nSPS) is 11.9. The fourth-order valence-electron chi connectivity index (χ4n) is 1.98. The summed E-state index contributed by atoms with van der Waals surface area (Å²) < 4.78 is 5.53. The number of hydrogen-bond donors (Lipinski definition) is 1. The molecule has 110 valence electrons. The lowest BCUT2D eigenvalue weighted by atomic mass is 10.0. The summed E-state index contributed by atoms with van der Waals surface area (Å²) in [6, 6.07) is 14.6. The molecule has 2 rings (SSSR count). The smallest absolute Gasteiger partial charge is 0.345 e. The molecule has 0 radical (unpaired) electrons. The van der Waals surface area contributed by atoms with Gasteiger partial charge in [-0.1, -0.05) is 42.8 Å². The molecule has 0 spiro atoms. The number of aryl methyl sites for hydroxylation is 1. The topological polar surface area (TPSA) is 46.5 Å². The first-order valence-electron chi connectivity index (χ1n) is 6.81. The second kappa shape index (κ2) is 7.14. The second-order valence-electron chi connectivity index (χ2n) is 4.77. The highest BCUT2D eigenvalue weighted by Crippen LogP contribution is 2.18. The van der Waals surface area contributed by atoms with Gasteiger partial charge in [-0.05, 0) is 41.8 Å². The zero-order chi connectivity index (χ0) is 15.2. The van der Waals surface area contributed by atoms with Gasteiger partial charge in [0.2, 0.25) is 0 Å². The lowest BCUT2D eigenvalue weighted by Crippen LogP contribution is -2.29. The SMILES string of the molecule is CCc1ccc(CC(Oc2ccc(Cl)cc2)C(=O)O)cc1. The largest absolute Gasteiger partial charge is 0.478 e. The zero-order valence-electron chi connectivity index (χ0n) is 11.8. The average Bonchev–Trinajstić information content (AvgIpc) is 2.49. The van der Waals surface area contributed by atoms with Crippen molar-refractivity contribution >= 4 is 17.6 Å². The summed E-state index contributed by atoms with van der Waals surface area (Å²) in [7, 11) is 0. The Labute approximate surface area is 129 Å². The van der Waals surface area contributed by atoms with Crippen LogP contribution in [-0.2, 0) is 17.6 Å². The van der Waals surface area contributed by atoms with E-state index in [4.69, 9.17) is 16.3 Å². The van der Waals surface area contributed by atoms with Crippen molar-refractivity contribution in [3.63, 3.8) is 0 Å². The molecule has 3 nitrogen and oxygen atoms in total. The molecule has 0 saturated heterocycles. The first kappa shape index (κ1) is 15.4. The van der Waals surface area contributed by atoms with Crippen LogP contribution in [0.1, 0.15) is 18.1 Å². The molecule has 0 aromatic heterocycles. The van der Waals surface area contributed by atoms with Crippen LogP contribution in [0.3, 0.4) is 0 Å². The fourth-order valence-corrected chi connectivity index (χ4v) is 2.11. The number of rotatable bonds is 6. The van der Waals surface area contributed by atoms with E-state index < -0.39 is 12.1 Å². The lowest BCUT2D eigenvalue weighted by Gasteiger charge is -2.15. The van der Waals surface area contributed by atoms with E-state index in [1.165, 1.54) is 5.56 Å². The van der Waals surface area contributed by atoms with Gasteiger partial charge in [0.15, 0.2) is 6.10 Å². The highest BCUT2D eigenvalue weighted by Gasteiger charge is 2.20. The van der Waals surface area contributed by atoms with Crippen LogP contribution in [0.2, 0.25) is 5.02 Å². The summed E-state index contributed by atoms with van der Waals surface area (Å²) in [6.07, 6.45) is 0.366. The molecule has 0 aliphatic heterocycles. The molecule has 0 aliphatic carbocycles. The number of carbonyl (C=O) groups is 1. The van der Waals surface area contributed by atoms with Crippen LogP contribution in [0.4, 0.5) is 0 Å². The van der Waals surface area contributed by atoms with Gasteiger partial charge < -0.3 is 9.84 Å². The summed E-state index contributed by atoms with van der Waals surface area (Å²) >= 11 is 5.80. The quantitative estimate of drug-likeness (QED) is 0.878. The minimum atomic E-state index is -0.982. The van der Waals surface area contributed by atoms with Gasteiger partial charge in [-0.15, -0.1) is 0 Å². The summed E-state index contributed by atoms with van der Waals surface area (Å²) in [6.45, 7) is 2.08. The average molecular weight is 305 g/mol. The summed E-state index contributed by atoms with van der Waals surface area (Å²) in [4.78, 5) is 11.3. The molecule has 0 bridgehead atoms. The molecular weight excluding hydrogens is 288 g/mol. The monoisotopic (exact) mass is 304 g/mol. The maximum absolute atomic E-state index is 11.3. The molecule has 0 amide bonds. The van der Waals surface area contributed by atoms with Crippen LogP contribution >= 0.6 is 11.6 Å². The molecule has 0 heterocycles. The lowest BCUT2D eigenvalue weighted by molar-refractivity contribution is -0.145. The molecule has 1 unspecified atom stereocenters. The minimum absolute atomic E-state index is 0.321. The van der Waals surface area contributed by atoms with Gasteiger partial charge >= 0.3 is 5.97 Å². The summed E-state index contributed by atoms with van der Waals surface area (Å²) in [5, 5.41) is 9.89. The van der Waals surface area contributed by atoms with Crippen molar-refractivity contribution in [2.75, 3.05) is 0 Å². The summed E-state index contributed by atoms with van der Waals surface area (Å²) in [5.74, 6) is -0.485. The van der Waals surface area contributed by atoms with Crippen molar-refractivity contribution in [1.29, 1.82) is 0 Å². The number of benzene rings is 2. The Bertz CT molecular complexity index is 590. The van der Waals surface area contributed by atoms with E-state index in [1.807, 2.05) is 24.3 Å². The predicted molar refractivity (Wildman–Crippen MR) is 83.0 cm³/mol. The van der Waals surface area contributed by atoms with E-state index >= 15 is 0 Å². The highest BCUT2D eigenvalue weighted by atomic mass is 35.5. The Morgan fingerprint density at radius 2 is 1.67 bits per heavy atom. The van der Waals surface area contributed by atoms with Crippen LogP contribution in [0.5, 0.6) is 5.75 Å². The first-order chi connectivity index (χ1) is 10.1. The van der Waals surface area contributed by atoms with Gasteiger partial charge in [0.1, 0.15) is 5.75 Å². The molecule has 4 heteroatoms. The van der Waals surface area contributed by atoms with Gasteiger partial charge in [0.25, 0.3) is 0 Å². The number of ether oxygens (including phenoxy) is 1. The predicted octanol–water partition coefficient (Wildman–Crippen LogP) is 3.98. The van der Waals surface area contributed by atoms with Crippen LogP contribution in [0, 0.1) is 0 Å². The van der Waals surface area contributed by atoms with E-state index in [9.17, 15) is 9.90 Å². The van der Waals surface area contributed by atoms with Gasteiger partial charge in [0, 0.05) is 11.4 Å². The molecule has 2 aromatic carbocycles. The van der Waals surface area contributed by atoms with Crippen LogP contribution in [-0.4, -0.2) is 17.2 Å². The number of carboxylic acid groups (broad SMARTS) is 1. The van der Waals surface area contributed by atoms with E-state index in [0.29, 0.717) is 17.2 Å². The Morgan fingerprint density at radius 3 is 2.19 bits per heavy atom. The van der Waals surface area contributed by atoms with Gasteiger partial charge in [0.05, 0.1) is 0 Å². The molecule has 0 aliphatic rings. The van der Waals surface area contributed by atoms with Gasteiger partial charge in [-0.3, -0.25) is 0 Å². The number of carboxylic acids is 1. The Balaban J connectivity index is 2.07. The van der Waals surface area contributed by atoms with Crippen LogP contribution < -0.4 is 4.74 Å². The second-order valence-corrected chi connectivity index (χ2v) is 5.21. The van der Waals surface area contributed by atoms with E-state index in [2.05, 4.69) is 6.92 Å². The third-order valence-corrected chi connectivity index (χ3v) is 3.47. The molecular formula is C17H17ClO3. The van der Waals surface area contributed by atoms with Crippen molar-refractivity contribution < 1.29 is 14.6 Å². The minimum Gasteiger partial charge on any atom is -0.478 e. The maximum Gasteiger partial charge on any atom is 0.345 e. The van der Waals surface area contributed by atoms with Crippen molar-refractivity contribution in [1.82, 2.24) is 0 Å². The Morgan fingerprint density at radius 1 is 1.10 bits per heavy atom. The van der Waals surface area contributed by atoms with Crippen LogP contribution in [0.25, 0.3) is 0 Å². The molecule has 2 aromatic rings. The van der Waals surface area contributed by atoms with Gasteiger partial charge in [-0.2, -0.15) is 0 Å². The molecule has 1 atom stereocenters. The molecule has 0 fully saturated rings. The Hall–Kier alpha value is -2.00. The molecule has 0 saturated carbocycles. The van der Waals surface area contributed by atoms with E-state index in [0.717, 1.165) is 12.0 Å². The van der Waals surface area contributed by atoms with Crippen LogP contribution in [0.15, 0.2) is 48.5 Å². The van der Waals surface area contributed by atoms with Crippen molar-refractivity contribution in [2.45, 2.75) is 25.9 Å². The van der Waals surface area contributed by atoms with Gasteiger partial charge in [-0.25, -0.2) is 4.79 Å². The summed E-state index contributed by atoms with van der Waals surface area (Å²) in [5.41, 5.74) is 2.16. The van der Waals surface area contributed by atoms with E-state index in [-0.39, 0.29) is 0 Å². The highest BCUT2D eigenvalue weighted by molar-refractivity contribution is 6.30. The van der Waals surface area contributed by atoms with Crippen molar-refractivity contribution in [3.05, 3.63) is 64.7 Å². The number of aliphatic carboxylic acids is 1. The molecule has 1 N–H and O–H groups in total. The van der Waals surface area contributed by atoms with Crippen molar-refractivity contribution in [3.8, 4) is 5.75 Å². The zero-order valence-corrected chi connectivity index (χ0v) is 12.5. The Kier molecular flexibility index (Phi) is 5.23. The van der Waals surface area contributed by atoms with Crippen molar-refractivity contribution in [2.24, 2.45) is 0 Å².